The second kappa shape index (κ2) is 38.2. The number of nitriles is 2. The van der Waals surface area contributed by atoms with E-state index < -0.39 is 97.9 Å². The fourth-order valence-electron chi connectivity index (χ4n) is 9.08. The van der Waals surface area contributed by atoms with Gasteiger partial charge in [0.15, 0.2) is 56.4 Å². The highest BCUT2D eigenvalue weighted by Gasteiger charge is 2.35. The molecule has 534 valence electrons. The van der Waals surface area contributed by atoms with Gasteiger partial charge in [-0.25, -0.2) is 9.69 Å². The van der Waals surface area contributed by atoms with E-state index in [4.69, 9.17) is 153 Å². The van der Waals surface area contributed by atoms with Crippen LogP contribution in [0.3, 0.4) is 0 Å². The van der Waals surface area contributed by atoms with E-state index in [9.17, 15) is 76.7 Å². The summed E-state index contributed by atoms with van der Waals surface area (Å²) in [7, 11) is 0. The predicted molar refractivity (Wildman–Crippen MR) is 411 cm³/mol. The molecule has 6 aliphatic carbocycles. The van der Waals surface area contributed by atoms with Crippen molar-refractivity contribution < 1.29 is 57.5 Å². The van der Waals surface area contributed by atoms with Crippen LogP contribution < -0.4 is 32.2 Å². The zero-order valence-electron chi connectivity index (χ0n) is 54.1. The van der Waals surface area contributed by atoms with E-state index in [-0.39, 0.29) is 87.9 Å². The number of ketones is 12. The summed E-state index contributed by atoms with van der Waals surface area (Å²) in [5.41, 5.74) is -0.518. The largest absolute Gasteiger partial charge is 0.526 e. The first-order chi connectivity index (χ1) is 51.6. The first kappa shape index (κ1) is 85.5. The zero-order valence-corrected chi connectivity index (χ0v) is 61.6. The van der Waals surface area contributed by atoms with Crippen molar-refractivity contribution in [2.24, 2.45) is 0 Å². The SMILES string of the molecule is CC1=CC(=O)C=CC1=O.O=C1C(=O)C(Cl)=C(Cl)C(Cl)=C1Cl.O=C1C(Cl)=C(Cl)C(=O)C(Cl)=C1Cl.O=C1C=CC(=O)C=C1.O=C1C=Cc2ccccc2C1=O.O=c1c2ccccc2c(=O)c2cc3c(=O)c4ccccc4c(=O)c3cc12.[C-]#[N+]C([N+]#[C-])=c1ccc(=C(C#N)C#N)cc1.[C-]#[N+]C1=C([N+]#[C-])C(=O)C(Cl)=C(Cl)C1=O. The van der Waals surface area contributed by atoms with Crippen LogP contribution in [-0.4, -0.2) is 69.4 Å². The standard InChI is InChI=1S/C22H10O4.C12H4N4.C10H6O2.C8Cl2N2O2.C7H6O2.2C6Cl4O2.C6H4O2/c23-19-11-5-1-2-6-12(11)20(24)16-10-18-17(9-15(16)19)21(25)13-7-3-4-8-14(13)22(18)26;1-15-12(16-2)10-5-3-9(4-6-10)11(7-13)8-14;11-9-6-5-7-3-1-2-4-8(7)10(9)12;1-11-5-6(12-2)8(14)4(10)3(9)7(5)13;1-5-4-6(8)2-3-7(5)9;7-1-2(8)6(12)4(10)3(9)5(1)11;7-1-2(8)4(10)6(12)5(11)3(1)9;7-5-1-2-6(8)4-3-5/h1-10H;3-6H;1-6H;;2-4H,1H3;;;1-4H. The lowest BCUT2D eigenvalue weighted by Gasteiger charge is -2.08. The number of nitrogens with zero attached hydrogens (tertiary/aromatic N) is 6. The van der Waals surface area contributed by atoms with Crippen molar-refractivity contribution >= 4 is 246 Å². The molecule has 0 saturated carbocycles. The number of hydrogen-bond acceptors (Lipinski definition) is 18. The van der Waals surface area contributed by atoms with Crippen LogP contribution in [0.25, 0.3) is 79.9 Å². The summed E-state index contributed by atoms with van der Waals surface area (Å²) >= 11 is 54.0. The highest BCUT2D eigenvalue weighted by molar-refractivity contribution is 6.73. The number of carbonyl (C=O) groups is 12. The molecule has 13 rings (SSSR count). The van der Waals surface area contributed by atoms with Gasteiger partial charge in [-0.3, -0.25) is 67.1 Å². The van der Waals surface area contributed by atoms with E-state index in [2.05, 4.69) is 19.4 Å². The van der Waals surface area contributed by atoms with E-state index >= 15 is 0 Å². The molecule has 0 radical (unpaired) electrons. The topological polar surface area (TPSA) is 338 Å². The second-order valence-corrected chi connectivity index (χ2v) is 24.9. The molecule has 0 fully saturated rings. The Morgan fingerprint density at radius 3 is 0.972 bits per heavy atom. The van der Waals surface area contributed by atoms with E-state index in [1.54, 1.807) is 110 Å². The highest BCUT2D eigenvalue weighted by Crippen LogP contribution is 2.36. The number of fused-ring (bicyclic) bond motifs is 5. The Morgan fingerprint density at radius 2 is 0.642 bits per heavy atom. The first-order valence-electron chi connectivity index (χ1n) is 29.3. The van der Waals surface area contributed by atoms with Crippen LogP contribution in [-0.2, 0) is 52.7 Å². The lowest BCUT2D eigenvalue weighted by Crippen LogP contribution is -2.19. The van der Waals surface area contributed by atoms with Crippen molar-refractivity contribution in [3.05, 3.63) is 333 Å². The Bertz CT molecular complexity index is 5880. The van der Waals surface area contributed by atoms with Crippen molar-refractivity contribution in [2.45, 2.75) is 6.92 Å². The van der Waals surface area contributed by atoms with Crippen LogP contribution in [0.5, 0.6) is 0 Å². The predicted octanol–water partition coefficient (Wildman–Crippen LogP) is 12.7. The molecule has 32 heteroatoms. The molecular formula is C77H30Cl10N6O16. The van der Waals surface area contributed by atoms with Gasteiger partial charge in [-0.2, -0.15) is 20.2 Å². The maximum absolute atomic E-state index is 12.8. The van der Waals surface area contributed by atoms with Crippen LogP contribution >= 0.6 is 116 Å². The Hall–Kier alpha value is -12.5. The molecular weight excluding hydrogens is 1620 g/mol. The minimum Gasteiger partial charge on any atom is -0.303 e. The fourth-order valence-corrected chi connectivity index (χ4v) is 11.1. The molecule has 0 amide bonds. The molecule has 0 aliphatic heterocycles. The van der Waals surface area contributed by atoms with Gasteiger partial charge < -0.3 is 9.59 Å². The number of carbonyl (C=O) groups excluding carboxylic acids is 12. The van der Waals surface area contributed by atoms with Gasteiger partial charge in [0.05, 0.1) is 38.5 Å². The van der Waals surface area contributed by atoms with Gasteiger partial charge in [0.2, 0.25) is 46.1 Å². The van der Waals surface area contributed by atoms with Crippen LogP contribution in [0.15, 0.2) is 244 Å². The summed E-state index contributed by atoms with van der Waals surface area (Å²) in [6, 6.07) is 32.8. The van der Waals surface area contributed by atoms with Crippen molar-refractivity contribution in [3.63, 3.8) is 0 Å². The smallest absolute Gasteiger partial charge is 0.303 e. The monoisotopic (exact) mass is 1640 g/mol. The molecule has 0 heterocycles. The zero-order chi connectivity index (χ0) is 81.2. The third-order valence-electron chi connectivity index (χ3n) is 14.5. The van der Waals surface area contributed by atoms with Gasteiger partial charge in [0.1, 0.15) is 61.0 Å². The summed E-state index contributed by atoms with van der Waals surface area (Å²) in [5.74, 6) is -6.37. The Morgan fingerprint density at radius 1 is 0.330 bits per heavy atom. The number of halogens is 10. The number of allylic oxidation sites excluding steroid dienone is 19. The molecule has 0 bridgehead atoms. The average molecular weight is 1650 g/mol. The molecule has 0 N–H and O–H groups in total. The number of benzene rings is 7. The van der Waals surface area contributed by atoms with Crippen molar-refractivity contribution in [1.82, 2.24) is 0 Å². The quantitative estimate of drug-likeness (QED) is 0.0447. The minimum absolute atomic E-state index is 0.0127. The lowest BCUT2D eigenvalue weighted by atomic mass is 9.96. The van der Waals surface area contributed by atoms with Crippen molar-refractivity contribution in [2.75, 3.05) is 0 Å². The minimum atomic E-state index is -0.934. The van der Waals surface area contributed by atoms with Crippen molar-refractivity contribution in [1.29, 1.82) is 10.5 Å². The average Bonchev–Trinajstić information content (AvgIpc) is 0.729. The maximum Gasteiger partial charge on any atom is 0.526 e. The van der Waals surface area contributed by atoms with E-state index in [0.717, 1.165) is 5.56 Å². The van der Waals surface area contributed by atoms with E-state index in [0.29, 0.717) is 43.1 Å². The third-order valence-corrected chi connectivity index (χ3v) is 18.7. The molecule has 0 spiro atoms. The third kappa shape index (κ3) is 19.6. The Labute approximate surface area is 661 Å². The van der Waals surface area contributed by atoms with Gasteiger partial charge >= 0.3 is 5.82 Å². The Kier molecular flexibility index (Phi) is 29.9. The maximum atomic E-state index is 12.8. The van der Waals surface area contributed by atoms with Gasteiger partial charge in [0.25, 0.3) is 0 Å². The number of hydrogen-bond donors (Lipinski definition) is 0. The van der Waals surface area contributed by atoms with Crippen LogP contribution in [0.1, 0.15) is 22.8 Å². The molecule has 0 saturated heterocycles. The van der Waals surface area contributed by atoms with E-state index in [1.165, 1.54) is 60.7 Å². The Balaban J connectivity index is 0.000000201. The number of Topliss-reactive ketones (excluding diaryl/α,β-unsaturated/α-hetero) is 7. The van der Waals surface area contributed by atoms with Gasteiger partial charge in [-0.15, -0.1) is 0 Å². The summed E-state index contributed by atoms with van der Waals surface area (Å²) in [6.45, 7) is 28.4. The molecule has 0 atom stereocenters. The summed E-state index contributed by atoms with van der Waals surface area (Å²) in [6.07, 6.45) is 11.9. The molecule has 6 aliphatic rings. The van der Waals surface area contributed by atoms with E-state index in [1.807, 2.05) is 12.1 Å². The van der Waals surface area contributed by atoms with Crippen LogP contribution in [0.4, 0.5) is 0 Å². The van der Waals surface area contributed by atoms with Crippen LogP contribution in [0.2, 0.25) is 0 Å². The second-order valence-electron chi connectivity index (χ2n) is 21.1. The van der Waals surface area contributed by atoms with Crippen LogP contribution in [0, 0.1) is 49.0 Å². The summed E-state index contributed by atoms with van der Waals surface area (Å²) in [5, 5.41) is 16.5. The fraction of sp³-hybridized carbons (Fsp3) is 0.0130. The van der Waals surface area contributed by atoms with Gasteiger partial charge in [0, 0.05) is 59.4 Å². The molecule has 0 unspecified atom stereocenters. The normalized spacial score (nSPS) is 14.7. The highest BCUT2D eigenvalue weighted by atomic mass is 35.5. The molecule has 22 nitrogen and oxygen atoms in total. The van der Waals surface area contributed by atoms with Crippen molar-refractivity contribution in [3.8, 4) is 12.1 Å². The molecule has 7 aromatic rings. The lowest BCUT2D eigenvalue weighted by molar-refractivity contribution is -0.131. The number of rotatable bonds is 0. The molecule has 109 heavy (non-hydrogen) atoms. The first-order valence-corrected chi connectivity index (χ1v) is 33.1. The summed E-state index contributed by atoms with van der Waals surface area (Å²) < 4.78 is 0. The molecule has 0 aromatic heterocycles. The van der Waals surface area contributed by atoms with Gasteiger partial charge in [-0.05, 0) is 73.2 Å². The molecule has 7 aromatic carbocycles. The van der Waals surface area contributed by atoms with Gasteiger partial charge in [-0.1, -0.05) is 219 Å². The summed E-state index contributed by atoms with van der Waals surface area (Å²) in [4.78, 5) is 193.